The van der Waals surface area contributed by atoms with Crippen molar-refractivity contribution in [2.75, 3.05) is 21.3 Å². The van der Waals surface area contributed by atoms with Crippen LogP contribution >= 0.6 is 0 Å². The van der Waals surface area contributed by atoms with Gasteiger partial charge < -0.3 is 14.2 Å². The van der Waals surface area contributed by atoms with Gasteiger partial charge in [-0.2, -0.15) is 10.2 Å². The molecule has 0 fully saturated rings. The number of carbonyl (C=O) groups excluding carboxylic acids is 1. The third kappa shape index (κ3) is 4.84. The van der Waals surface area contributed by atoms with Crippen LogP contribution in [0.3, 0.4) is 0 Å². The molecule has 178 valence electrons. The van der Waals surface area contributed by atoms with Crippen LogP contribution in [-0.2, 0) is 6.54 Å². The number of rotatable bonds is 8. The number of hydrogen-bond donors (Lipinski definition) is 1. The highest BCUT2D eigenvalue weighted by Gasteiger charge is 2.17. The van der Waals surface area contributed by atoms with E-state index in [2.05, 4.69) is 15.6 Å². The topological polar surface area (TPSA) is 104 Å². The first-order valence-electron chi connectivity index (χ1n) is 10.7. The minimum Gasteiger partial charge on any atom is -0.493 e. The van der Waals surface area contributed by atoms with Gasteiger partial charge in [0.1, 0.15) is 0 Å². The molecule has 0 unspecified atom stereocenters. The molecular formula is C26H24N4O5. The summed E-state index contributed by atoms with van der Waals surface area (Å²) in [4.78, 5) is 26.1. The van der Waals surface area contributed by atoms with Gasteiger partial charge in [-0.15, -0.1) is 0 Å². The highest BCUT2D eigenvalue weighted by molar-refractivity contribution is 6.05. The predicted molar refractivity (Wildman–Crippen MR) is 133 cm³/mol. The zero-order chi connectivity index (χ0) is 24.8. The van der Waals surface area contributed by atoms with Crippen molar-refractivity contribution in [2.24, 2.45) is 5.10 Å². The Labute approximate surface area is 201 Å². The number of benzene rings is 3. The number of nitrogens with one attached hydrogen (secondary N) is 1. The molecule has 35 heavy (non-hydrogen) atoms. The van der Waals surface area contributed by atoms with Gasteiger partial charge in [-0.3, -0.25) is 9.59 Å². The van der Waals surface area contributed by atoms with Crippen LogP contribution in [0.15, 0.2) is 76.6 Å². The first-order valence-corrected chi connectivity index (χ1v) is 10.7. The fraction of sp³-hybridized carbons (Fsp3) is 0.154. The number of amides is 1. The molecule has 0 bridgehead atoms. The monoisotopic (exact) mass is 472 g/mol. The van der Waals surface area contributed by atoms with Gasteiger partial charge in [0, 0.05) is 10.9 Å². The maximum absolute atomic E-state index is 13.1. The maximum atomic E-state index is 13.1. The second-order valence-corrected chi connectivity index (χ2v) is 7.47. The summed E-state index contributed by atoms with van der Waals surface area (Å²) in [5, 5.41) is 9.27. The van der Waals surface area contributed by atoms with Crippen molar-refractivity contribution in [3.63, 3.8) is 0 Å². The van der Waals surface area contributed by atoms with Crippen LogP contribution in [0.2, 0.25) is 0 Å². The second-order valence-electron chi connectivity index (χ2n) is 7.47. The molecule has 0 radical (unpaired) electrons. The smallest absolute Gasteiger partial charge is 0.292 e. The number of hydrazone groups is 1. The highest BCUT2D eigenvalue weighted by atomic mass is 16.5. The van der Waals surface area contributed by atoms with Gasteiger partial charge in [0.25, 0.3) is 11.5 Å². The molecular weight excluding hydrogens is 448 g/mol. The fourth-order valence-electron chi connectivity index (χ4n) is 3.71. The van der Waals surface area contributed by atoms with Crippen LogP contribution in [0.1, 0.15) is 21.6 Å². The number of hydrogen-bond acceptors (Lipinski definition) is 7. The molecule has 0 aliphatic rings. The molecule has 9 nitrogen and oxygen atoms in total. The lowest BCUT2D eigenvalue weighted by Gasteiger charge is -2.13. The number of aromatic nitrogens is 2. The Balaban J connectivity index is 1.66. The van der Waals surface area contributed by atoms with Gasteiger partial charge in [-0.1, -0.05) is 48.5 Å². The maximum Gasteiger partial charge on any atom is 0.292 e. The van der Waals surface area contributed by atoms with E-state index in [1.54, 1.807) is 36.4 Å². The van der Waals surface area contributed by atoms with Crippen molar-refractivity contribution in [2.45, 2.75) is 6.54 Å². The quantitative estimate of drug-likeness (QED) is 0.312. The summed E-state index contributed by atoms with van der Waals surface area (Å²) in [7, 11) is 4.53. The Morgan fingerprint density at radius 2 is 1.60 bits per heavy atom. The number of ether oxygens (including phenoxy) is 3. The minimum atomic E-state index is -0.557. The first kappa shape index (κ1) is 23.5. The van der Waals surface area contributed by atoms with Gasteiger partial charge in [0.15, 0.2) is 17.2 Å². The summed E-state index contributed by atoms with van der Waals surface area (Å²) in [6.45, 7) is 0.233. The molecule has 1 N–H and O–H groups in total. The Bertz CT molecular complexity index is 1450. The molecule has 4 aromatic rings. The van der Waals surface area contributed by atoms with E-state index >= 15 is 0 Å². The molecule has 9 heteroatoms. The molecule has 1 aromatic heterocycles. The lowest BCUT2D eigenvalue weighted by atomic mass is 10.1. The van der Waals surface area contributed by atoms with Crippen molar-refractivity contribution in [1.29, 1.82) is 0 Å². The number of methoxy groups -OCH3 is 3. The van der Waals surface area contributed by atoms with Gasteiger partial charge in [0.2, 0.25) is 5.75 Å². The first-order chi connectivity index (χ1) is 17.1. The molecule has 3 aromatic carbocycles. The normalized spacial score (nSPS) is 10.9. The summed E-state index contributed by atoms with van der Waals surface area (Å²) in [6, 6.07) is 19.7. The van der Waals surface area contributed by atoms with Crippen molar-refractivity contribution < 1.29 is 19.0 Å². The van der Waals surface area contributed by atoms with Crippen LogP contribution in [0.5, 0.6) is 17.2 Å². The largest absolute Gasteiger partial charge is 0.493 e. The van der Waals surface area contributed by atoms with Gasteiger partial charge in [-0.25, -0.2) is 10.1 Å². The fourth-order valence-corrected chi connectivity index (χ4v) is 3.71. The number of fused-ring (bicyclic) bond motifs is 1. The molecule has 0 spiro atoms. The SMILES string of the molecule is COc1ccc(C=NNC(=O)c2nn(Cc3ccccc3)c(=O)c3ccccc23)c(OC)c1OC. The standard InChI is InChI=1S/C26H24N4O5/c1-33-21-14-13-18(23(34-2)24(21)35-3)15-27-28-25(31)22-19-11-7-8-12-20(19)26(32)30(29-22)16-17-9-5-4-6-10-17/h4-15H,16H2,1-3H3,(H,28,31). The van der Waals surface area contributed by atoms with E-state index in [0.29, 0.717) is 33.6 Å². The van der Waals surface area contributed by atoms with E-state index in [1.165, 1.54) is 32.2 Å². The van der Waals surface area contributed by atoms with Crippen LogP contribution < -0.4 is 25.2 Å². The van der Waals surface area contributed by atoms with Crippen LogP contribution in [0.25, 0.3) is 10.8 Å². The van der Waals surface area contributed by atoms with Gasteiger partial charge in [0.05, 0.1) is 39.5 Å². The van der Waals surface area contributed by atoms with Gasteiger partial charge in [-0.05, 0) is 23.8 Å². The Hall–Kier alpha value is -4.66. The van der Waals surface area contributed by atoms with Crippen molar-refractivity contribution in [3.05, 3.63) is 93.9 Å². The third-order valence-corrected chi connectivity index (χ3v) is 5.36. The van der Waals surface area contributed by atoms with Crippen molar-refractivity contribution in [1.82, 2.24) is 15.2 Å². The van der Waals surface area contributed by atoms with Crippen LogP contribution in [0, 0.1) is 0 Å². The van der Waals surface area contributed by atoms with Crippen molar-refractivity contribution in [3.8, 4) is 17.2 Å². The molecule has 4 rings (SSSR count). The highest BCUT2D eigenvalue weighted by Crippen LogP contribution is 2.38. The summed E-state index contributed by atoms with van der Waals surface area (Å²) >= 11 is 0. The minimum absolute atomic E-state index is 0.0903. The van der Waals surface area contributed by atoms with E-state index in [4.69, 9.17) is 14.2 Å². The lowest BCUT2D eigenvalue weighted by molar-refractivity contribution is 0.0949. The summed E-state index contributed by atoms with van der Waals surface area (Å²) in [5.41, 5.74) is 3.76. The molecule has 0 atom stereocenters. The van der Waals surface area contributed by atoms with E-state index in [9.17, 15) is 9.59 Å². The summed E-state index contributed by atoms with van der Waals surface area (Å²) in [6.07, 6.45) is 1.43. The van der Waals surface area contributed by atoms with E-state index < -0.39 is 5.91 Å². The molecule has 0 aliphatic heterocycles. The Kier molecular flexibility index (Phi) is 7.06. The van der Waals surface area contributed by atoms with Crippen molar-refractivity contribution >= 4 is 22.9 Å². The van der Waals surface area contributed by atoms with Crippen LogP contribution in [-0.4, -0.2) is 43.2 Å². The molecule has 1 amide bonds. The molecule has 0 saturated carbocycles. The summed E-state index contributed by atoms with van der Waals surface area (Å²) in [5.74, 6) is 0.761. The summed E-state index contributed by atoms with van der Waals surface area (Å²) < 4.78 is 17.4. The second kappa shape index (κ2) is 10.5. The number of carbonyl (C=O) groups is 1. The lowest BCUT2D eigenvalue weighted by Crippen LogP contribution is -2.29. The Morgan fingerprint density at radius 1 is 0.914 bits per heavy atom. The zero-order valence-corrected chi connectivity index (χ0v) is 19.5. The molecule has 0 saturated heterocycles. The average Bonchev–Trinajstić information content (AvgIpc) is 2.90. The van der Waals surface area contributed by atoms with E-state index in [1.807, 2.05) is 30.3 Å². The van der Waals surface area contributed by atoms with Gasteiger partial charge >= 0.3 is 0 Å². The third-order valence-electron chi connectivity index (χ3n) is 5.36. The van der Waals surface area contributed by atoms with Crippen LogP contribution in [0.4, 0.5) is 0 Å². The molecule has 0 aliphatic carbocycles. The zero-order valence-electron chi connectivity index (χ0n) is 19.5. The average molecular weight is 473 g/mol. The predicted octanol–water partition coefficient (Wildman–Crippen LogP) is 3.23. The van der Waals surface area contributed by atoms with E-state index in [-0.39, 0.29) is 17.8 Å². The molecule has 1 heterocycles. The van der Waals surface area contributed by atoms with E-state index in [0.717, 1.165) is 5.56 Å². The number of nitrogens with zero attached hydrogens (tertiary/aromatic N) is 3. The Morgan fingerprint density at radius 3 is 2.29 bits per heavy atom.